The SMILES string of the molecule is CONS(=O)(=O)N1CCOCC1. The van der Waals surface area contributed by atoms with Crippen molar-refractivity contribution in [3.63, 3.8) is 0 Å². The molecule has 0 atom stereocenters. The van der Waals surface area contributed by atoms with E-state index in [1.807, 2.05) is 4.89 Å². The molecule has 0 unspecified atom stereocenters. The van der Waals surface area contributed by atoms with Crippen LogP contribution in [0.25, 0.3) is 0 Å². The van der Waals surface area contributed by atoms with E-state index in [9.17, 15) is 8.42 Å². The molecule has 0 bridgehead atoms. The molecule has 0 spiro atoms. The van der Waals surface area contributed by atoms with Crippen molar-refractivity contribution in [3.05, 3.63) is 0 Å². The fourth-order valence-corrected chi connectivity index (χ4v) is 1.89. The summed E-state index contributed by atoms with van der Waals surface area (Å²) in [6.07, 6.45) is 0. The minimum Gasteiger partial charge on any atom is -0.379 e. The first-order valence-electron chi connectivity index (χ1n) is 3.54. The molecule has 1 rings (SSSR count). The van der Waals surface area contributed by atoms with E-state index in [1.54, 1.807) is 0 Å². The van der Waals surface area contributed by atoms with Crippen LogP contribution in [0.4, 0.5) is 0 Å². The maximum absolute atomic E-state index is 11.2. The highest BCUT2D eigenvalue weighted by molar-refractivity contribution is 7.87. The second kappa shape index (κ2) is 4.15. The van der Waals surface area contributed by atoms with Crippen molar-refractivity contribution in [2.45, 2.75) is 0 Å². The molecule has 0 amide bonds. The number of hydrogen-bond donors (Lipinski definition) is 1. The van der Waals surface area contributed by atoms with Gasteiger partial charge >= 0.3 is 10.2 Å². The molecule has 1 aliphatic heterocycles. The minimum absolute atomic E-state index is 0.374. The van der Waals surface area contributed by atoms with Gasteiger partial charge < -0.3 is 4.74 Å². The number of ether oxygens (including phenoxy) is 1. The molecule has 7 heteroatoms. The third-order valence-corrected chi connectivity index (χ3v) is 2.92. The molecule has 0 radical (unpaired) electrons. The van der Waals surface area contributed by atoms with Crippen LogP contribution >= 0.6 is 0 Å². The van der Waals surface area contributed by atoms with E-state index in [0.29, 0.717) is 26.3 Å². The molecular weight excluding hydrogens is 184 g/mol. The van der Waals surface area contributed by atoms with E-state index >= 15 is 0 Å². The maximum atomic E-state index is 11.2. The van der Waals surface area contributed by atoms with Gasteiger partial charge in [-0.05, 0) is 0 Å². The molecule has 0 saturated carbocycles. The Balaban J connectivity index is 2.54. The molecule has 1 fully saturated rings. The summed E-state index contributed by atoms with van der Waals surface area (Å²) in [5, 5.41) is 0. The molecule has 0 aromatic carbocycles. The van der Waals surface area contributed by atoms with Crippen LogP contribution < -0.4 is 4.89 Å². The summed E-state index contributed by atoms with van der Waals surface area (Å²) in [6, 6.07) is 0. The minimum atomic E-state index is -3.45. The van der Waals surface area contributed by atoms with Gasteiger partial charge in [-0.1, -0.05) is 4.89 Å². The van der Waals surface area contributed by atoms with E-state index < -0.39 is 10.2 Å². The number of morpholine rings is 1. The first-order chi connectivity index (χ1) is 5.67. The third-order valence-electron chi connectivity index (χ3n) is 1.50. The summed E-state index contributed by atoms with van der Waals surface area (Å²) in [7, 11) is -2.19. The van der Waals surface area contributed by atoms with E-state index in [-0.39, 0.29) is 0 Å². The highest BCUT2D eigenvalue weighted by Gasteiger charge is 2.23. The van der Waals surface area contributed by atoms with Gasteiger partial charge in [0.25, 0.3) is 0 Å². The predicted molar refractivity (Wildman–Crippen MR) is 41.5 cm³/mol. The van der Waals surface area contributed by atoms with E-state index in [1.165, 1.54) is 11.4 Å². The van der Waals surface area contributed by atoms with Crippen LogP contribution in [0.5, 0.6) is 0 Å². The van der Waals surface area contributed by atoms with Gasteiger partial charge in [0, 0.05) is 13.1 Å². The zero-order valence-corrected chi connectivity index (χ0v) is 7.63. The molecule has 0 aromatic rings. The van der Waals surface area contributed by atoms with Crippen molar-refractivity contribution >= 4 is 10.2 Å². The molecule has 0 aromatic heterocycles. The molecular formula is C5H12N2O4S. The lowest BCUT2D eigenvalue weighted by Gasteiger charge is -2.25. The van der Waals surface area contributed by atoms with Crippen LogP contribution in [0, 0.1) is 0 Å². The van der Waals surface area contributed by atoms with Crippen LogP contribution in [0.2, 0.25) is 0 Å². The lowest BCUT2D eigenvalue weighted by molar-refractivity contribution is 0.0666. The molecule has 72 valence electrons. The van der Waals surface area contributed by atoms with Crippen molar-refractivity contribution < 1.29 is 18.0 Å². The van der Waals surface area contributed by atoms with Gasteiger partial charge in [-0.3, -0.25) is 4.84 Å². The van der Waals surface area contributed by atoms with Gasteiger partial charge in [0.15, 0.2) is 0 Å². The Morgan fingerprint density at radius 3 is 2.50 bits per heavy atom. The van der Waals surface area contributed by atoms with Crippen LogP contribution in [0.3, 0.4) is 0 Å². The van der Waals surface area contributed by atoms with Gasteiger partial charge in [0.2, 0.25) is 0 Å². The Morgan fingerprint density at radius 1 is 1.42 bits per heavy atom. The number of hydrogen-bond acceptors (Lipinski definition) is 4. The smallest absolute Gasteiger partial charge is 0.301 e. The van der Waals surface area contributed by atoms with Crippen LogP contribution in [0.1, 0.15) is 0 Å². The molecule has 6 nitrogen and oxygen atoms in total. The fraction of sp³-hybridized carbons (Fsp3) is 1.00. The quantitative estimate of drug-likeness (QED) is 0.570. The van der Waals surface area contributed by atoms with Gasteiger partial charge in [0.05, 0.1) is 20.3 Å². The van der Waals surface area contributed by atoms with Crippen molar-refractivity contribution in [2.75, 3.05) is 33.4 Å². The Hall–Kier alpha value is -0.210. The van der Waals surface area contributed by atoms with Crippen molar-refractivity contribution in [1.82, 2.24) is 9.19 Å². The number of rotatable bonds is 3. The Kier molecular flexibility index (Phi) is 3.41. The first kappa shape index (κ1) is 9.87. The fourth-order valence-electron chi connectivity index (χ4n) is 0.945. The van der Waals surface area contributed by atoms with Gasteiger partial charge in [-0.15, -0.1) is 0 Å². The van der Waals surface area contributed by atoms with Crippen LogP contribution in [-0.4, -0.2) is 46.1 Å². The molecule has 1 heterocycles. The lowest BCUT2D eigenvalue weighted by atomic mass is 10.5. The monoisotopic (exact) mass is 196 g/mol. The van der Waals surface area contributed by atoms with Crippen molar-refractivity contribution in [2.24, 2.45) is 0 Å². The van der Waals surface area contributed by atoms with Gasteiger partial charge in [0.1, 0.15) is 0 Å². The molecule has 1 aliphatic rings. The van der Waals surface area contributed by atoms with Crippen LogP contribution in [-0.2, 0) is 19.8 Å². The Morgan fingerprint density at radius 2 is 2.00 bits per heavy atom. The topological polar surface area (TPSA) is 67.9 Å². The van der Waals surface area contributed by atoms with Crippen molar-refractivity contribution in [3.8, 4) is 0 Å². The van der Waals surface area contributed by atoms with Crippen molar-refractivity contribution in [1.29, 1.82) is 0 Å². The zero-order valence-electron chi connectivity index (χ0n) is 6.82. The Labute approximate surface area is 71.6 Å². The molecule has 1 N–H and O–H groups in total. The van der Waals surface area contributed by atoms with Gasteiger partial charge in [-0.2, -0.15) is 12.7 Å². The van der Waals surface area contributed by atoms with Gasteiger partial charge in [-0.25, -0.2) is 0 Å². The average Bonchev–Trinajstić information content (AvgIpc) is 2.06. The zero-order chi connectivity index (χ0) is 9.03. The second-order valence-corrected chi connectivity index (χ2v) is 3.94. The number of nitrogens with one attached hydrogen (secondary N) is 1. The summed E-state index contributed by atoms with van der Waals surface area (Å²) in [4.78, 5) is 6.27. The highest BCUT2D eigenvalue weighted by Crippen LogP contribution is 2.01. The standard InChI is InChI=1S/C5H12N2O4S/c1-10-6-12(8,9)7-2-4-11-5-3-7/h6H,2-5H2,1H3. The lowest BCUT2D eigenvalue weighted by Crippen LogP contribution is -2.46. The van der Waals surface area contributed by atoms with Crippen LogP contribution in [0.15, 0.2) is 0 Å². The molecule has 12 heavy (non-hydrogen) atoms. The molecule has 0 aliphatic carbocycles. The second-order valence-electron chi connectivity index (χ2n) is 2.30. The van der Waals surface area contributed by atoms with E-state index in [2.05, 4.69) is 4.84 Å². The summed E-state index contributed by atoms with van der Waals surface area (Å²) >= 11 is 0. The third kappa shape index (κ3) is 2.39. The summed E-state index contributed by atoms with van der Waals surface area (Å²) < 4.78 is 28.7. The average molecular weight is 196 g/mol. The van der Waals surface area contributed by atoms with E-state index in [0.717, 1.165) is 0 Å². The largest absolute Gasteiger partial charge is 0.379 e. The number of nitrogens with zero attached hydrogens (tertiary/aromatic N) is 1. The summed E-state index contributed by atoms with van der Waals surface area (Å²) in [6.45, 7) is 1.62. The summed E-state index contributed by atoms with van der Waals surface area (Å²) in [5.41, 5.74) is 0. The summed E-state index contributed by atoms with van der Waals surface area (Å²) in [5.74, 6) is 0. The maximum Gasteiger partial charge on any atom is 0.301 e. The molecule has 1 saturated heterocycles. The highest BCUT2D eigenvalue weighted by atomic mass is 32.2. The Bertz CT molecular complexity index is 222. The normalized spacial score (nSPS) is 21.1. The predicted octanol–water partition coefficient (Wildman–Crippen LogP) is -1.29. The van der Waals surface area contributed by atoms with E-state index in [4.69, 9.17) is 4.74 Å². The first-order valence-corrected chi connectivity index (χ1v) is 4.98.